The van der Waals surface area contributed by atoms with E-state index in [2.05, 4.69) is 10.1 Å². The van der Waals surface area contributed by atoms with Gasteiger partial charge in [0.25, 0.3) is 0 Å². The first-order chi connectivity index (χ1) is 13.7. The van der Waals surface area contributed by atoms with E-state index in [4.69, 9.17) is 9.47 Å². The first-order valence-electron chi connectivity index (χ1n) is 8.37. The first-order valence-corrected chi connectivity index (χ1v) is 10.2. The molecular formula is C19H22N2O7S. The molecule has 0 radical (unpaired) electrons. The van der Waals surface area contributed by atoms with E-state index in [0.717, 1.165) is 10.6 Å². The molecule has 0 aliphatic carbocycles. The smallest absolute Gasteiger partial charge is 0.337 e. The van der Waals surface area contributed by atoms with Crippen molar-refractivity contribution >= 4 is 33.3 Å². The fourth-order valence-electron chi connectivity index (χ4n) is 2.50. The highest BCUT2D eigenvalue weighted by Crippen LogP contribution is 2.29. The maximum absolute atomic E-state index is 12.5. The van der Waals surface area contributed by atoms with Crippen LogP contribution >= 0.6 is 0 Å². The summed E-state index contributed by atoms with van der Waals surface area (Å²) in [5, 5.41) is 2.62. The van der Waals surface area contributed by atoms with Gasteiger partial charge >= 0.3 is 5.97 Å². The minimum absolute atomic E-state index is 0.233. The van der Waals surface area contributed by atoms with Gasteiger partial charge in [-0.15, -0.1) is 0 Å². The Hall–Kier alpha value is -3.27. The lowest BCUT2D eigenvalue weighted by Gasteiger charge is -2.22. The summed E-state index contributed by atoms with van der Waals surface area (Å²) in [4.78, 5) is 24.0. The van der Waals surface area contributed by atoms with Crippen molar-refractivity contribution in [2.45, 2.75) is 0 Å². The van der Waals surface area contributed by atoms with E-state index in [1.165, 1.54) is 45.6 Å². The summed E-state index contributed by atoms with van der Waals surface area (Å²) in [6.07, 6.45) is 0.989. The number of nitrogens with zero attached hydrogens (tertiary/aromatic N) is 1. The largest absolute Gasteiger partial charge is 0.497 e. The second-order valence-corrected chi connectivity index (χ2v) is 7.83. The van der Waals surface area contributed by atoms with Crippen LogP contribution in [0.5, 0.6) is 11.5 Å². The van der Waals surface area contributed by atoms with Crippen molar-refractivity contribution in [3.8, 4) is 11.5 Å². The van der Waals surface area contributed by atoms with Crippen LogP contribution in [0.2, 0.25) is 0 Å². The summed E-state index contributed by atoms with van der Waals surface area (Å²) in [7, 11) is 0.425. The molecule has 9 nitrogen and oxygen atoms in total. The molecule has 0 spiro atoms. The van der Waals surface area contributed by atoms with Gasteiger partial charge in [0, 0.05) is 6.07 Å². The van der Waals surface area contributed by atoms with Crippen molar-refractivity contribution in [2.24, 2.45) is 0 Å². The lowest BCUT2D eigenvalue weighted by Crippen LogP contribution is -2.37. The van der Waals surface area contributed by atoms with Gasteiger partial charge in [-0.1, -0.05) is 0 Å². The summed E-state index contributed by atoms with van der Waals surface area (Å²) < 4.78 is 40.3. The third-order valence-electron chi connectivity index (χ3n) is 3.95. The molecule has 0 aliphatic heterocycles. The number of nitrogens with one attached hydrogen (secondary N) is 1. The zero-order valence-electron chi connectivity index (χ0n) is 16.5. The number of methoxy groups -OCH3 is 3. The van der Waals surface area contributed by atoms with E-state index in [-0.39, 0.29) is 11.3 Å². The molecule has 0 atom stereocenters. The Labute approximate surface area is 169 Å². The number of sulfonamides is 1. The highest BCUT2D eigenvalue weighted by Gasteiger charge is 2.22. The van der Waals surface area contributed by atoms with Gasteiger partial charge in [-0.25, -0.2) is 13.2 Å². The van der Waals surface area contributed by atoms with Crippen molar-refractivity contribution in [2.75, 3.05) is 43.8 Å². The van der Waals surface area contributed by atoms with Crippen LogP contribution in [-0.2, 0) is 19.6 Å². The monoisotopic (exact) mass is 422 g/mol. The standard InChI is InChI=1S/C19H22N2O7S/c1-26-15-9-10-16(17(11-15)27-2)20-18(22)12-21(29(4,24)25)14-7-5-13(6-8-14)19(23)28-3/h5-11H,12H2,1-4H3,(H,20,22). The maximum Gasteiger partial charge on any atom is 0.337 e. The van der Waals surface area contributed by atoms with Crippen molar-refractivity contribution in [1.82, 2.24) is 0 Å². The van der Waals surface area contributed by atoms with E-state index < -0.39 is 28.4 Å². The van der Waals surface area contributed by atoms with Crippen LogP contribution < -0.4 is 19.1 Å². The summed E-state index contributed by atoms with van der Waals surface area (Å²) in [5.41, 5.74) is 0.863. The molecule has 0 heterocycles. The molecule has 1 amide bonds. The topological polar surface area (TPSA) is 111 Å². The molecule has 0 unspecified atom stereocenters. The second kappa shape index (κ2) is 9.28. The van der Waals surface area contributed by atoms with Crippen LogP contribution in [0.3, 0.4) is 0 Å². The second-order valence-electron chi connectivity index (χ2n) is 5.92. The number of ether oxygens (including phenoxy) is 3. The van der Waals surface area contributed by atoms with Crippen LogP contribution in [0.1, 0.15) is 10.4 Å². The Bertz CT molecular complexity index is 988. The summed E-state index contributed by atoms with van der Waals surface area (Å²) in [6.45, 7) is -0.467. The molecule has 0 saturated heterocycles. The van der Waals surface area contributed by atoms with Crippen LogP contribution in [-0.4, -0.2) is 54.4 Å². The Kier molecular flexibility index (Phi) is 7.05. The number of anilines is 2. The van der Waals surface area contributed by atoms with Crippen LogP contribution in [0, 0.1) is 0 Å². The maximum atomic E-state index is 12.5. The molecule has 2 rings (SSSR count). The number of hydrogen-bond acceptors (Lipinski definition) is 7. The third-order valence-corrected chi connectivity index (χ3v) is 5.09. The van der Waals surface area contributed by atoms with Crippen molar-refractivity contribution < 1.29 is 32.2 Å². The minimum Gasteiger partial charge on any atom is -0.497 e. The van der Waals surface area contributed by atoms with Gasteiger partial charge in [0.2, 0.25) is 15.9 Å². The number of rotatable bonds is 8. The molecule has 0 saturated carbocycles. The fourth-order valence-corrected chi connectivity index (χ4v) is 3.36. The zero-order chi connectivity index (χ0) is 21.6. The molecule has 29 heavy (non-hydrogen) atoms. The predicted molar refractivity (Wildman–Crippen MR) is 108 cm³/mol. The predicted octanol–water partition coefficient (Wildman–Crippen LogP) is 1.90. The van der Waals surface area contributed by atoms with E-state index in [9.17, 15) is 18.0 Å². The van der Waals surface area contributed by atoms with Crippen LogP contribution in [0.15, 0.2) is 42.5 Å². The van der Waals surface area contributed by atoms with Gasteiger partial charge in [-0.05, 0) is 36.4 Å². The zero-order valence-corrected chi connectivity index (χ0v) is 17.3. The Balaban J connectivity index is 2.23. The molecule has 0 fully saturated rings. The van der Waals surface area contributed by atoms with E-state index in [1.54, 1.807) is 18.2 Å². The number of amides is 1. The van der Waals surface area contributed by atoms with Crippen LogP contribution in [0.4, 0.5) is 11.4 Å². The first kappa shape index (κ1) is 22.0. The Morgan fingerprint density at radius 3 is 2.17 bits per heavy atom. The average molecular weight is 422 g/mol. The lowest BCUT2D eigenvalue weighted by molar-refractivity contribution is -0.114. The van der Waals surface area contributed by atoms with Gasteiger partial charge in [-0.3, -0.25) is 9.10 Å². The fraction of sp³-hybridized carbons (Fsp3) is 0.263. The molecule has 156 valence electrons. The number of hydrogen-bond donors (Lipinski definition) is 1. The Morgan fingerprint density at radius 1 is 1.00 bits per heavy atom. The summed E-state index contributed by atoms with van der Waals surface area (Å²) >= 11 is 0. The highest BCUT2D eigenvalue weighted by molar-refractivity contribution is 7.92. The van der Waals surface area contributed by atoms with Gasteiger partial charge in [0.1, 0.15) is 18.0 Å². The molecular weight excluding hydrogens is 400 g/mol. The number of esters is 1. The van der Waals surface area contributed by atoms with Gasteiger partial charge in [-0.2, -0.15) is 0 Å². The summed E-state index contributed by atoms with van der Waals surface area (Å²) in [6, 6.07) is 10.5. The molecule has 2 aromatic rings. The van der Waals surface area contributed by atoms with E-state index in [0.29, 0.717) is 17.2 Å². The van der Waals surface area contributed by atoms with Crippen molar-refractivity contribution in [3.63, 3.8) is 0 Å². The molecule has 0 aromatic heterocycles. The minimum atomic E-state index is -3.77. The van der Waals surface area contributed by atoms with E-state index >= 15 is 0 Å². The molecule has 0 aliphatic rings. The highest BCUT2D eigenvalue weighted by atomic mass is 32.2. The molecule has 0 bridgehead atoms. The van der Waals surface area contributed by atoms with Gasteiger partial charge in [0.05, 0.1) is 44.5 Å². The SMILES string of the molecule is COC(=O)c1ccc(N(CC(=O)Nc2ccc(OC)cc2OC)S(C)(=O)=O)cc1. The number of benzene rings is 2. The third kappa shape index (κ3) is 5.61. The van der Waals surface area contributed by atoms with Gasteiger partial charge < -0.3 is 19.5 Å². The quantitative estimate of drug-likeness (QED) is 0.647. The molecule has 2 aromatic carbocycles. The van der Waals surface area contributed by atoms with Crippen molar-refractivity contribution in [3.05, 3.63) is 48.0 Å². The number of carbonyl (C=O) groups is 2. The molecule has 1 N–H and O–H groups in total. The Morgan fingerprint density at radius 2 is 1.66 bits per heavy atom. The van der Waals surface area contributed by atoms with Gasteiger partial charge in [0.15, 0.2) is 0 Å². The van der Waals surface area contributed by atoms with Crippen LogP contribution in [0.25, 0.3) is 0 Å². The summed E-state index contributed by atoms with van der Waals surface area (Å²) in [5.74, 6) is -0.211. The normalized spacial score (nSPS) is 10.8. The number of carbonyl (C=O) groups excluding carboxylic acids is 2. The average Bonchev–Trinajstić information content (AvgIpc) is 2.71. The lowest BCUT2D eigenvalue weighted by atomic mass is 10.2. The van der Waals surface area contributed by atoms with Crippen molar-refractivity contribution in [1.29, 1.82) is 0 Å². The van der Waals surface area contributed by atoms with E-state index in [1.807, 2.05) is 0 Å². The molecule has 10 heteroatoms.